The Labute approximate surface area is 118 Å². The summed E-state index contributed by atoms with van der Waals surface area (Å²) in [6.07, 6.45) is 2.10. The van der Waals surface area contributed by atoms with Gasteiger partial charge < -0.3 is 9.88 Å². The molecule has 0 saturated heterocycles. The lowest BCUT2D eigenvalue weighted by Gasteiger charge is -2.15. The molecule has 4 nitrogen and oxygen atoms in total. The molecule has 0 spiro atoms. The number of hydrogen-bond donors (Lipinski definition) is 1. The van der Waals surface area contributed by atoms with Crippen molar-refractivity contribution in [3.05, 3.63) is 28.0 Å². The highest BCUT2D eigenvalue weighted by molar-refractivity contribution is 7.09. The van der Waals surface area contributed by atoms with E-state index in [0.29, 0.717) is 5.92 Å². The Hall–Kier alpha value is -1.36. The fourth-order valence-electron chi connectivity index (χ4n) is 2.02. The van der Waals surface area contributed by atoms with E-state index in [1.54, 1.807) is 11.3 Å². The molecule has 1 unspecified atom stereocenters. The summed E-state index contributed by atoms with van der Waals surface area (Å²) >= 11 is 1.69. The van der Waals surface area contributed by atoms with E-state index in [0.717, 1.165) is 28.9 Å². The van der Waals surface area contributed by atoms with Gasteiger partial charge in [0.25, 0.3) is 0 Å². The van der Waals surface area contributed by atoms with Crippen molar-refractivity contribution >= 4 is 17.3 Å². The summed E-state index contributed by atoms with van der Waals surface area (Å²) in [6.45, 7) is 11.6. The molecule has 0 aromatic carbocycles. The van der Waals surface area contributed by atoms with Crippen molar-refractivity contribution in [3.8, 4) is 0 Å². The van der Waals surface area contributed by atoms with Crippen molar-refractivity contribution in [3.63, 3.8) is 0 Å². The van der Waals surface area contributed by atoms with Crippen molar-refractivity contribution in [2.75, 3.05) is 5.32 Å². The van der Waals surface area contributed by atoms with Crippen LogP contribution in [0.4, 0.5) is 5.95 Å². The van der Waals surface area contributed by atoms with Crippen LogP contribution >= 0.6 is 11.3 Å². The number of thiazole rings is 1. The van der Waals surface area contributed by atoms with E-state index < -0.39 is 0 Å². The van der Waals surface area contributed by atoms with E-state index >= 15 is 0 Å². The number of nitrogens with zero attached hydrogens (tertiary/aromatic N) is 3. The number of aromatic nitrogens is 3. The largest absolute Gasteiger partial charge is 0.347 e. The van der Waals surface area contributed by atoms with Crippen LogP contribution in [0.3, 0.4) is 0 Å². The maximum atomic E-state index is 4.56. The summed E-state index contributed by atoms with van der Waals surface area (Å²) in [6, 6.07) is 0.186. The second-order valence-electron chi connectivity index (χ2n) is 5.45. The first-order chi connectivity index (χ1) is 8.95. The minimum absolute atomic E-state index is 0.186. The van der Waals surface area contributed by atoms with Gasteiger partial charge in [0, 0.05) is 23.8 Å². The summed E-state index contributed by atoms with van der Waals surface area (Å²) in [4.78, 5) is 9.09. The molecule has 2 rings (SSSR count). The van der Waals surface area contributed by atoms with Gasteiger partial charge in [-0.3, -0.25) is 0 Å². The fourth-order valence-corrected chi connectivity index (χ4v) is 2.82. The monoisotopic (exact) mass is 278 g/mol. The lowest BCUT2D eigenvalue weighted by molar-refractivity contribution is 0.524. The average molecular weight is 278 g/mol. The molecule has 0 aliphatic carbocycles. The number of imidazole rings is 1. The van der Waals surface area contributed by atoms with E-state index in [2.05, 4.69) is 52.2 Å². The zero-order valence-corrected chi connectivity index (χ0v) is 13.1. The fraction of sp³-hybridized carbons (Fsp3) is 0.571. The van der Waals surface area contributed by atoms with Gasteiger partial charge in [0.05, 0.1) is 11.7 Å². The Morgan fingerprint density at radius 3 is 2.53 bits per heavy atom. The topological polar surface area (TPSA) is 42.7 Å². The molecule has 0 aliphatic rings. The van der Waals surface area contributed by atoms with Gasteiger partial charge in [0.1, 0.15) is 5.01 Å². The summed E-state index contributed by atoms with van der Waals surface area (Å²) < 4.78 is 2.19. The van der Waals surface area contributed by atoms with E-state index in [1.165, 1.54) is 0 Å². The second-order valence-corrected chi connectivity index (χ2v) is 6.33. The molecule has 2 heterocycles. The highest BCUT2D eigenvalue weighted by atomic mass is 32.1. The summed E-state index contributed by atoms with van der Waals surface area (Å²) in [5, 5.41) is 6.65. The van der Waals surface area contributed by atoms with Gasteiger partial charge in [-0.1, -0.05) is 13.8 Å². The molecular weight excluding hydrogens is 256 g/mol. The lowest BCUT2D eigenvalue weighted by Crippen LogP contribution is -2.13. The van der Waals surface area contributed by atoms with Gasteiger partial charge >= 0.3 is 0 Å². The van der Waals surface area contributed by atoms with Crippen molar-refractivity contribution in [2.45, 2.75) is 47.2 Å². The third kappa shape index (κ3) is 3.56. The van der Waals surface area contributed by atoms with Crippen LogP contribution in [0.1, 0.15) is 43.2 Å². The molecule has 2 aromatic heterocycles. The van der Waals surface area contributed by atoms with Crippen LogP contribution in [0, 0.1) is 19.8 Å². The van der Waals surface area contributed by atoms with Crippen LogP contribution in [0.15, 0.2) is 11.6 Å². The maximum Gasteiger partial charge on any atom is 0.203 e. The van der Waals surface area contributed by atoms with Crippen LogP contribution in [0.5, 0.6) is 0 Å². The smallest absolute Gasteiger partial charge is 0.203 e. The van der Waals surface area contributed by atoms with Gasteiger partial charge in [-0.25, -0.2) is 9.97 Å². The summed E-state index contributed by atoms with van der Waals surface area (Å²) in [7, 11) is 0. The summed E-state index contributed by atoms with van der Waals surface area (Å²) in [5.41, 5.74) is 2.13. The summed E-state index contributed by atoms with van der Waals surface area (Å²) in [5.74, 6) is 1.54. The third-order valence-electron chi connectivity index (χ3n) is 2.81. The molecule has 0 radical (unpaired) electrons. The molecule has 0 amide bonds. The van der Waals surface area contributed by atoms with Gasteiger partial charge in [-0.15, -0.1) is 11.3 Å². The Balaban J connectivity index is 2.14. The molecule has 5 heteroatoms. The predicted molar refractivity (Wildman–Crippen MR) is 80.7 cm³/mol. The molecule has 0 bridgehead atoms. The quantitative estimate of drug-likeness (QED) is 0.905. The SMILES string of the molecule is Cc1csc(C(C)Nc2nc(C)cn2CC(C)C)n1. The standard InChI is InChI=1S/C14H22N4S/c1-9(2)6-18-7-10(3)16-14(18)17-12(5)13-15-11(4)8-19-13/h7-9,12H,6H2,1-5H3,(H,16,17). The van der Waals surface area contributed by atoms with E-state index in [4.69, 9.17) is 0 Å². The van der Waals surface area contributed by atoms with Gasteiger partial charge in [0.15, 0.2) is 0 Å². The van der Waals surface area contributed by atoms with Crippen LogP contribution in [0.25, 0.3) is 0 Å². The third-order valence-corrected chi connectivity index (χ3v) is 3.96. The van der Waals surface area contributed by atoms with Crippen LogP contribution < -0.4 is 5.32 Å². The van der Waals surface area contributed by atoms with Gasteiger partial charge in [-0.2, -0.15) is 0 Å². The highest BCUT2D eigenvalue weighted by Crippen LogP contribution is 2.22. The molecule has 2 aromatic rings. The van der Waals surface area contributed by atoms with Crippen molar-refractivity contribution in [1.82, 2.24) is 14.5 Å². The molecule has 0 fully saturated rings. The van der Waals surface area contributed by atoms with Crippen LogP contribution in [-0.4, -0.2) is 14.5 Å². The maximum absolute atomic E-state index is 4.56. The molecule has 0 aliphatic heterocycles. The van der Waals surface area contributed by atoms with Crippen LogP contribution in [-0.2, 0) is 6.54 Å². The molecule has 19 heavy (non-hydrogen) atoms. The molecule has 0 saturated carbocycles. The first-order valence-electron chi connectivity index (χ1n) is 6.68. The predicted octanol–water partition coefficient (Wildman–Crippen LogP) is 3.79. The van der Waals surface area contributed by atoms with Crippen LogP contribution in [0.2, 0.25) is 0 Å². The Kier molecular flexibility index (Phi) is 4.24. The number of hydrogen-bond acceptors (Lipinski definition) is 4. The molecule has 104 valence electrons. The van der Waals surface area contributed by atoms with E-state index in [9.17, 15) is 0 Å². The minimum Gasteiger partial charge on any atom is -0.347 e. The molecular formula is C14H22N4S. The average Bonchev–Trinajstić information content (AvgIpc) is 2.85. The Bertz CT molecular complexity index is 541. The van der Waals surface area contributed by atoms with E-state index in [1.807, 2.05) is 13.8 Å². The second kappa shape index (κ2) is 5.74. The highest BCUT2D eigenvalue weighted by Gasteiger charge is 2.13. The van der Waals surface area contributed by atoms with E-state index in [-0.39, 0.29) is 6.04 Å². The number of nitrogens with one attached hydrogen (secondary N) is 1. The number of anilines is 1. The first-order valence-corrected chi connectivity index (χ1v) is 7.56. The zero-order valence-electron chi connectivity index (χ0n) is 12.3. The normalized spacial score (nSPS) is 12.9. The number of rotatable bonds is 5. The first kappa shape index (κ1) is 14.1. The van der Waals surface area contributed by atoms with Crippen molar-refractivity contribution in [1.29, 1.82) is 0 Å². The van der Waals surface area contributed by atoms with Gasteiger partial charge in [0.2, 0.25) is 5.95 Å². The zero-order chi connectivity index (χ0) is 14.0. The van der Waals surface area contributed by atoms with Crippen molar-refractivity contribution in [2.24, 2.45) is 5.92 Å². The molecule has 1 N–H and O–H groups in total. The minimum atomic E-state index is 0.186. The number of aryl methyl sites for hydroxylation is 2. The Morgan fingerprint density at radius 2 is 1.95 bits per heavy atom. The molecule has 1 atom stereocenters. The lowest BCUT2D eigenvalue weighted by atomic mass is 10.2. The Morgan fingerprint density at radius 1 is 1.21 bits per heavy atom. The van der Waals surface area contributed by atoms with Crippen molar-refractivity contribution < 1.29 is 0 Å². The van der Waals surface area contributed by atoms with Gasteiger partial charge in [-0.05, 0) is 26.7 Å².